The fourth-order valence-corrected chi connectivity index (χ4v) is 4.02. The summed E-state index contributed by atoms with van der Waals surface area (Å²) in [7, 11) is 0. The Morgan fingerprint density at radius 1 is 1.17 bits per heavy atom. The lowest BCUT2D eigenvalue weighted by atomic mass is 10.1. The molecule has 3 rings (SSSR count). The highest BCUT2D eigenvalue weighted by atomic mass is 32.2. The van der Waals surface area contributed by atoms with Gasteiger partial charge in [-0.1, -0.05) is 13.8 Å². The van der Waals surface area contributed by atoms with Gasteiger partial charge >= 0.3 is 0 Å². The molecule has 0 atom stereocenters. The number of hydrogen-bond donors (Lipinski definition) is 1. The van der Waals surface area contributed by atoms with Crippen molar-refractivity contribution in [2.45, 2.75) is 27.7 Å². The Kier molecular flexibility index (Phi) is 6.07. The Balaban J connectivity index is 2.01. The third kappa shape index (κ3) is 4.67. The molecule has 1 N–H and O–H groups in total. The fraction of sp³-hybridized carbons (Fsp3) is 0.273. The van der Waals surface area contributed by atoms with Gasteiger partial charge in [0.1, 0.15) is 17.3 Å². The van der Waals surface area contributed by atoms with Crippen LogP contribution in [0, 0.1) is 31.4 Å². The maximum absolute atomic E-state index is 14.1. The summed E-state index contributed by atoms with van der Waals surface area (Å²) in [5.74, 6) is -1.27. The van der Waals surface area contributed by atoms with Crippen LogP contribution < -0.4 is 0 Å². The second kappa shape index (κ2) is 8.37. The SMILES string of the molecule is Cc1cc(/C=C2/SC(=Nc3ccc(F)cc3F)N(CC(C)C)C2=O)cc(C)c1O. The quantitative estimate of drug-likeness (QED) is 0.665. The zero-order valence-electron chi connectivity index (χ0n) is 16.7. The topological polar surface area (TPSA) is 52.9 Å². The number of phenolic OH excluding ortho intramolecular Hbond substituents is 1. The van der Waals surface area contributed by atoms with Crippen molar-refractivity contribution in [1.82, 2.24) is 4.90 Å². The molecule has 7 heteroatoms. The average molecular weight is 416 g/mol. The highest BCUT2D eigenvalue weighted by Crippen LogP contribution is 2.36. The molecule has 0 saturated carbocycles. The molecule has 0 unspecified atom stereocenters. The lowest BCUT2D eigenvalue weighted by Gasteiger charge is -2.17. The Morgan fingerprint density at radius 2 is 1.83 bits per heavy atom. The molecule has 2 aromatic rings. The number of nitrogens with zero attached hydrogens (tertiary/aromatic N) is 2. The number of rotatable bonds is 4. The molecule has 0 radical (unpaired) electrons. The van der Waals surface area contributed by atoms with Gasteiger partial charge in [-0.15, -0.1) is 0 Å². The molecule has 0 spiro atoms. The first-order chi connectivity index (χ1) is 13.7. The number of aliphatic imine (C=N–C) groups is 1. The lowest BCUT2D eigenvalue weighted by molar-refractivity contribution is -0.122. The van der Waals surface area contributed by atoms with Gasteiger partial charge in [0.15, 0.2) is 11.0 Å². The summed E-state index contributed by atoms with van der Waals surface area (Å²) in [4.78, 5) is 19.2. The number of aryl methyl sites for hydroxylation is 2. The number of benzene rings is 2. The van der Waals surface area contributed by atoms with Crippen LogP contribution in [0.4, 0.5) is 14.5 Å². The van der Waals surface area contributed by atoms with E-state index in [1.165, 1.54) is 11.0 Å². The third-order valence-corrected chi connectivity index (χ3v) is 5.38. The Labute approximate surface area is 173 Å². The second-order valence-corrected chi connectivity index (χ2v) is 8.42. The van der Waals surface area contributed by atoms with Gasteiger partial charge in [-0.3, -0.25) is 9.69 Å². The highest BCUT2D eigenvalue weighted by molar-refractivity contribution is 8.18. The predicted molar refractivity (Wildman–Crippen MR) is 113 cm³/mol. The average Bonchev–Trinajstić information content (AvgIpc) is 2.90. The van der Waals surface area contributed by atoms with Crippen molar-refractivity contribution in [2.75, 3.05) is 6.54 Å². The molecular weight excluding hydrogens is 394 g/mol. The maximum atomic E-state index is 14.1. The van der Waals surface area contributed by atoms with Crippen molar-refractivity contribution in [1.29, 1.82) is 0 Å². The van der Waals surface area contributed by atoms with E-state index < -0.39 is 11.6 Å². The zero-order chi connectivity index (χ0) is 21.3. The van der Waals surface area contributed by atoms with Crippen LogP contribution in [0.15, 0.2) is 40.2 Å². The summed E-state index contributed by atoms with van der Waals surface area (Å²) in [6.45, 7) is 7.97. The van der Waals surface area contributed by atoms with E-state index >= 15 is 0 Å². The predicted octanol–water partition coefficient (Wildman–Crippen LogP) is 5.55. The van der Waals surface area contributed by atoms with Gasteiger partial charge in [-0.25, -0.2) is 13.8 Å². The largest absolute Gasteiger partial charge is 0.507 e. The summed E-state index contributed by atoms with van der Waals surface area (Å²) < 4.78 is 27.2. The van der Waals surface area contributed by atoms with Crippen LogP contribution >= 0.6 is 11.8 Å². The van der Waals surface area contributed by atoms with E-state index in [0.29, 0.717) is 27.7 Å². The second-order valence-electron chi connectivity index (χ2n) is 7.41. The first-order valence-corrected chi connectivity index (χ1v) is 10.0. The number of halogens is 2. The van der Waals surface area contributed by atoms with Crippen LogP contribution in [0.25, 0.3) is 6.08 Å². The molecule has 4 nitrogen and oxygen atoms in total. The molecule has 1 fully saturated rings. The van der Waals surface area contributed by atoms with Gasteiger partial charge < -0.3 is 5.11 Å². The summed E-state index contributed by atoms with van der Waals surface area (Å²) in [5, 5.41) is 10.3. The fourth-order valence-electron chi connectivity index (χ4n) is 3.02. The maximum Gasteiger partial charge on any atom is 0.266 e. The van der Waals surface area contributed by atoms with E-state index in [4.69, 9.17) is 0 Å². The van der Waals surface area contributed by atoms with Gasteiger partial charge in [-0.05, 0) is 78.6 Å². The number of aromatic hydroxyl groups is 1. The number of hydrogen-bond acceptors (Lipinski definition) is 4. The van der Waals surface area contributed by atoms with E-state index in [1.807, 2.05) is 13.8 Å². The standard InChI is InChI=1S/C22H22F2N2O2S/c1-12(2)11-26-21(28)19(9-15-7-13(3)20(27)14(4)8-15)29-22(26)25-18-6-5-16(23)10-17(18)24/h5-10,12,27H,11H2,1-4H3/b19-9+,25-22?. The van der Waals surface area contributed by atoms with Crippen LogP contribution in [-0.4, -0.2) is 27.6 Å². The summed E-state index contributed by atoms with van der Waals surface area (Å²) >= 11 is 1.15. The van der Waals surface area contributed by atoms with Crippen molar-refractivity contribution in [3.05, 3.63) is 63.6 Å². The van der Waals surface area contributed by atoms with Gasteiger partial charge in [0.2, 0.25) is 0 Å². The van der Waals surface area contributed by atoms with E-state index in [0.717, 1.165) is 29.5 Å². The summed E-state index contributed by atoms with van der Waals surface area (Å²) in [6, 6.07) is 6.75. The minimum atomic E-state index is -0.780. The molecule has 0 aromatic heterocycles. The number of amides is 1. The van der Waals surface area contributed by atoms with E-state index in [9.17, 15) is 18.7 Å². The van der Waals surface area contributed by atoms with Crippen LogP contribution in [0.5, 0.6) is 5.75 Å². The monoisotopic (exact) mass is 416 g/mol. The number of carbonyl (C=O) groups excluding carboxylic acids is 1. The van der Waals surface area contributed by atoms with Gasteiger partial charge in [0.05, 0.1) is 4.91 Å². The van der Waals surface area contributed by atoms with E-state index in [-0.39, 0.29) is 23.3 Å². The van der Waals surface area contributed by atoms with Crippen LogP contribution in [0.1, 0.15) is 30.5 Å². The van der Waals surface area contributed by atoms with Crippen molar-refractivity contribution in [3.8, 4) is 5.75 Å². The van der Waals surface area contributed by atoms with Gasteiger partial charge in [-0.2, -0.15) is 0 Å². The van der Waals surface area contributed by atoms with Crippen LogP contribution in [0.2, 0.25) is 0 Å². The van der Waals surface area contributed by atoms with Gasteiger partial charge in [0.25, 0.3) is 5.91 Å². The van der Waals surface area contributed by atoms with Crippen molar-refractivity contribution < 1.29 is 18.7 Å². The number of amidine groups is 1. The Hall–Kier alpha value is -2.67. The molecule has 0 bridgehead atoms. The molecule has 1 heterocycles. The molecular formula is C22H22F2N2O2S. The molecule has 0 aliphatic carbocycles. The van der Waals surface area contributed by atoms with Crippen LogP contribution in [0.3, 0.4) is 0 Å². The smallest absolute Gasteiger partial charge is 0.266 e. The van der Waals surface area contributed by atoms with Gasteiger partial charge in [0, 0.05) is 12.6 Å². The third-order valence-electron chi connectivity index (χ3n) is 4.37. The first kappa shape index (κ1) is 21.0. The molecule has 1 amide bonds. The summed E-state index contributed by atoms with van der Waals surface area (Å²) in [6.07, 6.45) is 1.74. The highest BCUT2D eigenvalue weighted by Gasteiger charge is 2.34. The van der Waals surface area contributed by atoms with E-state index in [1.54, 1.807) is 32.1 Å². The summed E-state index contributed by atoms with van der Waals surface area (Å²) in [5.41, 5.74) is 2.20. The number of carbonyl (C=O) groups is 1. The van der Waals surface area contributed by atoms with Crippen molar-refractivity contribution in [2.24, 2.45) is 10.9 Å². The zero-order valence-corrected chi connectivity index (χ0v) is 17.5. The minimum Gasteiger partial charge on any atom is -0.507 e. The molecule has 2 aromatic carbocycles. The first-order valence-electron chi connectivity index (χ1n) is 9.21. The Morgan fingerprint density at radius 3 is 2.41 bits per heavy atom. The molecule has 1 saturated heterocycles. The number of thioether (sulfide) groups is 1. The van der Waals surface area contributed by atoms with Crippen LogP contribution in [-0.2, 0) is 4.79 Å². The molecule has 152 valence electrons. The molecule has 1 aliphatic heterocycles. The Bertz CT molecular complexity index is 1010. The molecule has 29 heavy (non-hydrogen) atoms. The lowest BCUT2D eigenvalue weighted by Crippen LogP contribution is -2.32. The number of phenols is 1. The van der Waals surface area contributed by atoms with Crippen molar-refractivity contribution >= 4 is 34.6 Å². The van der Waals surface area contributed by atoms with Crippen molar-refractivity contribution in [3.63, 3.8) is 0 Å². The van der Waals surface area contributed by atoms with E-state index in [2.05, 4.69) is 4.99 Å². The molecule has 1 aliphatic rings. The normalized spacial score (nSPS) is 17.2. The minimum absolute atomic E-state index is 0.0203.